The first-order chi connectivity index (χ1) is 6.24. The van der Waals surface area contributed by atoms with Crippen LogP contribution in [0.25, 0.3) is 0 Å². The summed E-state index contributed by atoms with van der Waals surface area (Å²) in [5.41, 5.74) is 5.41. The van der Waals surface area contributed by atoms with Gasteiger partial charge in [-0.1, -0.05) is 11.8 Å². The molecule has 0 radical (unpaired) electrons. The van der Waals surface area contributed by atoms with Crippen LogP contribution < -0.4 is 11.6 Å². The SMILES string of the molecule is Cn1ccnc1CCS/C(N)=N/N. The van der Waals surface area contributed by atoms with Gasteiger partial charge in [0.25, 0.3) is 0 Å². The smallest absolute Gasteiger partial charge is 0.177 e. The van der Waals surface area contributed by atoms with Crippen molar-refractivity contribution in [2.75, 3.05) is 5.75 Å². The van der Waals surface area contributed by atoms with Crippen LogP contribution in [0.1, 0.15) is 5.82 Å². The molecule has 0 saturated heterocycles. The molecule has 0 unspecified atom stereocenters. The molecule has 5 nitrogen and oxygen atoms in total. The first-order valence-corrected chi connectivity index (χ1v) is 4.85. The molecular formula is C7H13N5S. The first-order valence-electron chi connectivity index (χ1n) is 3.86. The summed E-state index contributed by atoms with van der Waals surface area (Å²) in [6.07, 6.45) is 4.56. The van der Waals surface area contributed by atoms with E-state index in [0.29, 0.717) is 5.17 Å². The molecule has 1 aromatic heterocycles. The van der Waals surface area contributed by atoms with Crippen molar-refractivity contribution in [3.8, 4) is 0 Å². The van der Waals surface area contributed by atoms with Crippen molar-refractivity contribution in [3.63, 3.8) is 0 Å². The zero-order chi connectivity index (χ0) is 9.68. The highest BCUT2D eigenvalue weighted by Crippen LogP contribution is 2.04. The number of hydrogen-bond donors (Lipinski definition) is 2. The Balaban J connectivity index is 2.32. The normalized spacial score (nSPS) is 11.9. The zero-order valence-corrected chi connectivity index (χ0v) is 8.29. The van der Waals surface area contributed by atoms with Gasteiger partial charge >= 0.3 is 0 Å². The van der Waals surface area contributed by atoms with Gasteiger partial charge in [0.05, 0.1) is 0 Å². The average Bonchev–Trinajstić information content (AvgIpc) is 2.52. The number of hydrogen-bond acceptors (Lipinski definition) is 4. The second-order valence-electron chi connectivity index (χ2n) is 2.52. The van der Waals surface area contributed by atoms with E-state index in [4.69, 9.17) is 11.6 Å². The molecule has 13 heavy (non-hydrogen) atoms. The number of aryl methyl sites for hydroxylation is 2. The van der Waals surface area contributed by atoms with Crippen molar-refractivity contribution in [1.29, 1.82) is 0 Å². The summed E-state index contributed by atoms with van der Waals surface area (Å²) in [7, 11) is 1.97. The minimum atomic E-state index is 0.411. The van der Waals surface area contributed by atoms with Gasteiger partial charge < -0.3 is 16.1 Å². The van der Waals surface area contributed by atoms with Crippen LogP contribution in [0, 0.1) is 0 Å². The van der Waals surface area contributed by atoms with Crippen LogP contribution >= 0.6 is 11.8 Å². The maximum absolute atomic E-state index is 5.41. The third-order valence-corrected chi connectivity index (χ3v) is 2.43. The molecule has 6 heteroatoms. The van der Waals surface area contributed by atoms with E-state index in [2.05, 4.69) is 10.1 Å². The summed E-state index contributed by atoms with van der Waals surface area (Å²) >= 11 is 1.43. The Morgan fingerprint density at radius 1 is 1.77 bits per heavy atom. The lowest BCUT2D eigenvalue weighted by Gasteiger charge is -2.00. The maximum Gasteiger partial charge on any atom is 0.177 e. The summed E-state index contributed by atoms with van der Waals surface area (Å²) in [6, 6.07) is 0. The summed E-state index contributed by atoms with van der Waals surface area (Å²) in [6.45, 7) is 0. The number of hydrazone groups is 1. The molecule has 0 amide bonds. The van der Waals surface area contributed by atoms with Gasteiger partial charge in [0.15, 0.2) is 5.17 Å². The molecule has 0 saturated carbocycles. The van der Waals surface area contributed by atoms with Gasteiger partial charge in [0.2, 0.25) is 0 Å². The van der Waals surface area contributed by atoms with E-state index in [1.54, 1.807) is 6.20 Å². The van der Waals surface area contributed by atoms with Gasteiger partial charge in [-0.25, -0.2) is 4.98 Å². The van der Waals surface area contributed by atoms with E-state index in [0.717, 1.165) is 18.0 Å². The molecule has 0 bridgehead atoms. The van der Waals surface area contributed by atoms with Crippen LogP contribution in [0.5, 0.6) is 0 Å². The molecule has 1 heterocycles. The fourth-order valence-electron chi connectivity index (χ4n) is 0.922. The van der Waals surface area contributed by atoms with Crippen LogP contribution in [-0.4, -0.2) is 20.5 Å². The van der Waals surface area contributed by atoms with Crippen molar-refractivity contribution < 1.29 is 0 Å². The fraction of sp³-hybridized carbons (Fsp3) is 0.429. The zero-order valence-electron chi connectivity index (χ0n) is 7.47. The summed E-state index contributed by atoms with van der Waals surface area (Å²) in [5, 5.41) is 3.77. The van der Waals surface area contributed by atoms with Crippen molar-refractivity contribution >= 4 is 16.9 Å². The lowest BCUT2D eigenvalue weighted by atomic mass is 10.4. The fourth-order valence-corrected chi connectivity index (χ4v) is 1.49. The van der Waals surface area contributed by atoms with Gasteiger partial charge in [-0.2, -0.15) is 5.10 Å². The molecule has 0 fully saturated rings. The van der Waals surface area contributed by atoms with Crippen molar-refractivity contribution in [3.05, 3.63) is 18.2 Å². The molecule has 0 aliphatic heterocycles. The number of imidazole rings is 1. The van der Waals surface area contributed by atoms with Crippen molar-refractivity contribution in [2.24, 2.45) is 23.7 Å². The number of thioether (sulfide) groups is 1. The highest BCUT2D eigenvalue weighted by Gasteiger charge is 1.99. The Labute approximate surface area is 81.2 Å². The lowest BCUT2D eigenvalue weighted by molar-refractivity contribution is 0.812. The molecule has 4 N–H and O–H groups in total. The minimum absolute atomic E-state index is 0.411. The monoisotopic (exact) mass is 199 g/mol. The van der Waals surface area contributed by atoms with E-state index in [1.807, 2.05) is 17.8 Å². The van der Waals surface area contributed by atoms with Gasteiger partial charge in [0, 0.05) is 31.6 Å². The number of amidine groups is 1. The second-order valence-corrected chi connectivity index (χ2v) is 3.64. The molecule has 0 spiro atoms. The van der Waals surface area contributed by atoms with Crippen LogP contribution in [0.4, 0.5) is 0 Å². The Bertz CT molecular complexity index is 293. The molecule has 0 atom stereocenters. The third kappa shape index (κ3) is 2.98. The highest BCUT2D eigenvalue weighted by atomic mass is 32.2. The topological polar surface area (TPSA) is 82.2 Å². The van der Waals surface area contributed by atoms with Gasteiger partial charge in [0.1, 0.15) is 5.82 Å². The lowest BCUT2D eigenvalue weighted by Crippen LogP contribution is -2.11. The molecule has 0 aromatic carbocycles. The molecule has 1 rings (SSSR count). The molecular weight excluding hydrogens is 186 g/mol. The number of rotatable bonds is 3. The van der Waals surface area contributed by atoms with Crippen LogP contribution in [0.2, 0.25) is 0 Å². The van der Waals surface area contributed by atoms with E-state index in [-0.39, 0.29) is 0 Å². The number of nitrogens with two attached hydrogens (primary N) is 2. The number of nitrogens with zero attached hydrogens (tertiary/aromatic N) is 3. The van der Waals surface area contributed by atoms with E-state index >= 15 is 0 Å². The molecule has 72 valence electrons. The molecule has 0 aliphatic carbocycles. The predicted molar refractivity (Wildman–Crippen MR) is 55.2 cm³/mol. The van der Waals surface area contributed by atoms with E-state index < -0.39 is 0 Å². The molecule has 1 aromatic rings. The van der Waals surface area contributed by atoms with Gasteiger partial charge in [-0.15, -0.1) is 0 Å². The standard InChI is InChI=1S/C7H13N5S/c1-12-4-3-10-6(12)2-5-13-7(8)11-9/h3-4H,2,5,9H2,1H3,(H2,8,11). The summed E-state index contributed by atoms with van der Waals surface area (Å²) in [5.74, 6) is 6.87. The van der Waals surface area contributed by atoms with Crippen molar-refractivity contribution in [1.82, 2.24) is 9.55 Å². The third-order valence-electron chi connectivity index (χ3n) is 1.62. The highest BCUT2D eigenvalue weighted by molar-refractivity contribution is 8.13. The van der Waals surface area contributed by atoms with Crippen LogP contribution in [-0.2, 0) is 13.5 Å². The molecule has 0 aliphatic rings. The number of aromatic nitrogens is 2. The Morgan fingerprint density at radius 3 is 3.08 bits per heavy atom. The second kappa shape index (κ2) is 4.76. The maximum atomic E-state index is 5.41. The largest absolute Gasteiger partial charge is 0.377 e. The van der Waals surface area contributed by atoms with E-state index in [9.17, 15) is 0 Å². The Morgan fingerprint density at radius 2 is 2.54 bits per heavy atom. The predicted octanol–water partition coefficient (Wildman–Crippen LogP) is -0.116. The van der Waals surface area contributed by atoms with Gasteiger partial charge in [-0.05, 0) is 0 Å². The van der Waals surface area contributed by atoms with Gasteiger partial charge in [-0.3, -0.25) is 0 Å². The quantitative estimate of drug-likeness (QED) is 0.308. The summed E-state index contributed by atoms with van der Waals surface area (Å²) < 4.78 is 1.98. The Kier molecular flexibility index (Phi) is 3.63. The first kappa shape index (κ1) is 9.91. The minimum Gasteiger partial charge on any atom is -0.377 e. The Hall–Kier alpha value is -1.17. The van der Waals surface area contributed by atoms with E-state index in [1.165, 1.54) is 11.8 Å². The van der Waals surface area contributed by atoms with Crippen molar-refractivity contribution in [2.45, 2.75) is 6.42 Å². The summed E-state index contributed by atoms with van der Waals surface area (Å²) in [4.78, 5) is 4.18. The average molecular weight is 199 g/mol. The van der Waals surface area contributed by atoms with Crippen LogP contribution in [0.3, 0.4) is 0 Å². The van der Waals surface area contributed by atoms with Crippen LogP contribution in [0.15, 0.2) is 17.5 Å².